The standard InChI is InChI=1S/C23H31N3O2/c1-6-19-10-12-20(13-11-19)18(4)24-22(27)14-26(5)15-23(28)25-21-9-7-8-16(2)17(21)3/h7-13,18H,6,14-15H2,1-5H3,(H,24,27)(H,25,28)/t18-/m0/s1. The highest BCUT2D eigenvalue weighted by Crippen LogP contribution is 2.18. The molecular formula is C23H31N3O2. The summed E-state index contributed by atoms with van der Waals surface area (Å²) in [7, 11) is 1.77. The molecule has 28 heavy (non-hydrogen) atoms. The molecule has 2 N–H and O–H groups in total. The lowest BCUT2D eigenvalue weighted by atomic mass is 10.1. The third kappa shape index (κ3) is 6.20. The number of hydrogen-bond acceptors (Lipinski definition) is 3. The van der Waals surface area contributed by atoms with Crippen molar-refractivity contribution in [3.8, 4) is 0 Å². The van der Waals surface area contributed by atoms with Crippen LogP contribution in [0.4, 0.5) is 5.69 Å². The number of anilines is 1. The van der Waals surface area contributed by atoms with E-state index in [4.69, 9.17) is 0 Å². The van der Waals surface area contributed by atoms with Gasteiger partial charge in [-0.15, -0.1) is 0 Å². The zero-order valence-electron chi connectivity index (χ0n) is 17.5. The van der Waals surface area contributed by atoms with E-state index in [1.54, 1.807) is 11.9 Å². The molecule has 0 aliphatic carbocycles. The maximum atomic E-state index is 12.3. The van der Waals surface area contributed by atoms with E-state index in [0.717, 1.165) is 28.8 Å². The molecule has 1 atom stereocenters. The Balaban J connectivity index is 1.82. The van der Waals surface area contributed by atoms with Crippen molar-refractivity contribution in [1.82, 2.24) is 10.2 Å². The average molecular weight is 382 g/mol. The summed E-state index contributed by atoms with van der Waals surface area (Å²) in [5.41, 5.74) is 5.34. The van der Waals surface area contributed by atoms with Gasteiger partial charge in [0.2, 0.25) is 11.8 Å². The van der Waals surface area contributed by atoms with E-state index in [2.05, 4.69) is 29.7 Å². The molecule has 0 saturated heterocycles. The van der Waals surface area contributed by atoms with Gasteiger partial charge in [-0.05, 0) is 62.6 Å². The second-order valence-corrected chi connectivity index (χ2v) is 7.35. The van der Waals surface area contributed by atoms with Gasteiger partial charge in [0.15, 0.2) is 0 Å². The number of carbonyl (C=O) groups excluding carboxylic acids is 2. The highest BCUT2D eigenvalue weighted by atomic mass is 16.2. The van der Waals surface area contributed by atoms with Crippen molar-refractivity contribution < 1.29 is 9.59 Å². The van der Waals surface area contributed by atoms with Gasteiger partial charge in [-0.2, -0.15) is 0 Å². The first-order valence-corrected chi connectivity index (χ1v) is 9.73. The minimum absolute atomic E-state index is 0.0735. The molecule has 2 aromatic rings. The summed E-state index contributed by atoms with van der Waals surface area (Å²) in [6, 6.07) is 14.0. The van der Waals surface area contributed by atoms with Gasteiger partial charge in [0.25, 0.3) is 0 Å². The zero-order valence-corrected chi connectivity index (χ0v) is 17.5. The molecule has 2 rings (SSSR count). The van der Waals surface area contributed by atoms with Crippen LogP contribution in [-0.4, -0.2) is 36.9 Å². The Morgan fingerprint density at radius 2 is 1.64 bits per heavy atom. The van der Waals surface area contributed by atoms with E-state index in [0.29, 0.717) is 0 Å². The number of amides is 2. The zero-order chi connectivity index (χ0) is 20.7. The van der Waals surface area contributed by atoms with Gasteiger partial charge in [0.05, 0.1) is 19.1 Å². The van der Waals surface area contributed by atoms with Crippen LogP contribution in [0.1, 0.15) is 42.1 Å². The Bertz CT molecular complexity index is 815. The summed E-state index contributed by atoms with van der Waals surface area (Å²) in [4.78, 5) is 26.3. The monoisotopic (exact) mass is 381 g/mol. The molecule has 0 heterocycles. The lowest BCUT2D eigenvalue weighted by Gasteiger charge is -2.19. The third-order valence-corrected chi connectivity index (χ3v) is 4.97. The predicted octanol–water partition coefficient (Wildman–Crippen LogP) is 3.61. The molecule has 0 saturated carbocycles. The van der Waals surface area contributed by atoms with Crippen molar-refractivity contribution in [2.45, 2.75) is 40.2 Å². The molecule has 0 fully saturated rings. The van der Waals surface area contributed by atoms with Gasteiger partial charge in [0.1, 0.15) is 0 Å². The summed E-state index contributed by atoms with van der Waals surface area (Å²) in [6.07, 6.45) is 0.996. The second kappa shape index (κ2) is 10.0. The minimum atomic E-state index is -0.132. The summed E-state index contributed by atoms with van der Waals surface area (Å²) < 4.78 is 0. The van der Waals surface area contributed by atoms with Crippen molar-refractivity contribution in [2.75, 3.05) is 25.5 Å². The van der Waals surface area contributed by atoms with Crippen LogP contribution in [0, 0.1) is 13.8 Å². The molecule has 0 radical (unpaired) electrons. The maximum absolute atomic E-state index is 12.3. The Hall–Kier alpha value is -2.66. The van der Waals surface area contributed by atoms with Crippen LogP contribution in [0.2, 0.25) is 0 Å². The lowest BCUT2D eigenvalue weighted by Crippen LogP contribution is -2.39. The number of hydrogen-bond donors (Lipinski definition) is 2. The van der Waals surface area contributed by atoms with E-state index >= 15 is 0 Å². The Kier molecular flexibility index (Phi) is 7.76. The van der Waals surface area contributed by atoms with Crippen molar-refractivity contribution in [3.63, 3.8) is 0 Å². The largest absolute Gasteiger partial charge is 0.348 e. The molecular weight excluding hydrogens is 350 g/mol. The number of nitrogens with one attached hydrogen (secondary N) is 2. The van der Waals surface area contributed by atoms with E-state index in [1.165, 1.54) is 5.56 Å². The quantitative estimate of drug-likeness (QED) is 0.734. The molecule has 150 valence electrons. The highest BCUT2D eigenvalue weighted by molar-refractivity contribution is 5.93. The summed E-state index contributed by atoms with van der Waals surface area (Å²) in [5, 5.41) is 5.91. The second-order valence-electron chi connectivity index (χ2n) is 7.35. The van der Waals surface area contributed by atoms with Gasteiger partial charge in [-0.1, -0.05) is 43.3 Å². The van der Waals surface area contributed by atoms with Crippen LogP contribution in [0.15, 0.2) is 42.5 Å². The van der Waals surface area contributed by atoms with Crippen molar-refractivity contribution >= 4 is 17.5 Å². The SMILES string of the molecule is CCc1ccc([C@H](C)NC(=O)CN(C)CC(=O)Nc2cccc(C)c2C)cc1. The number of nitrogens with zero attached hydrogens (tertiary/aromatic N) is 1. The van der Waals surface area contributed by atoms with Gasteiger partial charge >= 0.3 is 0 Å². The number of carbonyl (C=O) groups is 2. The number of likely N-dealkylation sites (N-methyl/N-ethyl adjacent to an activating group) is 1. The van der Waals surface area contributed by atoms with Crippen LogP contribution >= 0.6 is 0 Å². The van der Waals surface area contributed by atoms with E-state index < -0.39 is 0 Å². The third-order valence-electron chi connectivity index (χ3n) is 4.97. The Morgan fingerprint density at radius 3 is 2.29 bits per heavy atom. The average Bonchev–Trinajstić information content (AvgIpc) is 2.65. The van der Waals surface area contributed by atoms with Crippen LogP contribution in [0.3, 0.4) is 0 Å². The molecule has 0 aromatic heterocycles. The summed E-state index contributed by atoms with van der Waals surface area (Å²) in [6.45, 7) is 8.39. The van der Waals surface area contributed by atoms with Crippen LogP contribution in [-0.2, 0) is 16.0 Å². The Labute approximate surface area is 168 Å². The number of rotatable bonds is 8. The summed E-state index contributed by atoms with van der Waals surface area (Å²) in [5.74, 6) is -0.235. The molecule has 5 heteroatoms. The van der Waals surface area contributed by atoms with Crippen LogP contribution in [0.25, 0.3) is 0 Å². The molecule has 5 nitrogen and oxygen atoms in total. The first kappa shape index (κ1) is 21.6. The molecule has 0 aliphatic heterocycles. The number of benzene rings is 2. The smallest absolute Gasteiger partial charge is 0.238 e. The van der Waals surface area contributed by atoms with E-state index in [1.807, 2.05) is 51.1 Å². The molecule has 0 unspecified atom stereocenters. The fourth-order valence-corrected chi connectivity index (χ4v) is 3.03. The van der Waals surface area contributed by atoms with Gasteiger partial charge in [-0.25, -0.2) is 0 Å². The minimum Gasteiger partial charge on any atom is -0.348 e. The first-order chi connectivity index (χ1) is 13.3. The normalized spacial score (nSPS) is 11.9. The van der Waals surface area contributed by atoms with Crippen molar-refractivity contribution in [2.24, 2.45) is 0 Å². The molecule has 0 spiro atoms. The molecule has 2 amide bonds. The first-order valence-electron chi connectivity index (χ1n) is 9.73. The molecule has 0 bridgehead atoms. The molecule has 0 aliphatic rings. The summed E-state index contributed by atoms with van der Waals surface area (Å²) >= 11 is 0. The van der Waals surface area contributed by atoms with Gasteiger partial charge < -0.3 is 10.6 Å². The van der Waals surface area contributed by atoms with Gasteiger partial charge in [-0.3, -0.25) is 14.5 Å². The van der Waals surface area contributed by atoms with Crippen LogP contribution < -0.4 is 10.6 Å². The predicted molar refractivity (Wildman–Crippen MR) is 114 cm³/mol. The Morgan fingerprint density at radius 1 is 1.00 bits per heavy atom. The van der Waals surface area contributed by atoms with E-state index in [9.17, 15) is 9.59 Å². The lowest BCUT2D eigenvalue weighted by molar-refractivity contribution is -0.123. The maximum Gasteiger partial charge on any atom is 0.238 e. The van der Waals surface area contributed by atoms with E-state index in [-0.39, 0.29) is 30.9 Å². The van der Waals surface area contributed by atoms with Crippen LogP contribution in [0.5, 0.6) is 0 Å². The van der Waals surface area contributed by atoms with Crippen molar-refractivity contribution in [1.29, 1.82) is 0 Å². The highest BCUT2D eigenvalue weighted by Gasteiger charge is 2.14. The molecule has 2 aromatic carbocycles. The van der Waals surface area contributed by atoms with Gasteiger partial charge in [0, 0.05) is 5.69 Å². The topological polar surface area (TPSA) is 61.4 Å². The number of aryl methyl sites for hydroxylation is 2. The fourth-order valence-electron chi connectivity index (χ4n) is 3.03. The van der Waals surface area contributed by atoms with Crippen molar-refractivity contribution in [3.05, 3.63) is 64.7 Å². The fraction of sp³-hybridized carbons (Fsp3) is 0.391.